The van der Waals surface area contributed by atoms with Crippen LogP contribution in [0.5, 0.6) is 0 Å². The molecular weight excluding hydrogens is 333 g/mol. The first-order valence-corrected chi connectivity index (χ1v) is 8.74. The van der Waals surface area contributed by atoms with Gasteiger partial charge in [-0.2, -0.15) is 18.2 Å². The molecular formula is C14H13F3N2O3S. The van der Waals surface area contributed by atoms with Gasteiger partial charge in [0, 0.05) is 5.92 Å². The van der Waals surface area contributed by atoms with Crippen molar-refractivity contribution in [1.29, 1.82) is 0 Å². The van der Waals surface area contributed by atoms with Crippen LogP contribution in [0.3, 0.4) is 0 Å². The van der Waals surface area contributed by atoms with Gasteiger partial charge in [-0.15, -0.1) is 0 Å². The van der Waals surface area contributed by atoms with Gasteiger partial charge in [0.2, 0.25) is 5.89 Å². The number of aromatic nitrogens is 2. The topological polar surface area (TPSA) is 73.1 Å². The second kappa shape index (κ2) is 5.63. The molecule has 1 aromatic heterocycles. The van der Waals surface area contributed by atoms with Gasteiger partial charge in [-0.25, -0.2) is 8.42 Å². The lowest BCUT2D eigenvalue weighted by Crippen LogP contribution is -2.10. The lowest BCUT2D eigenvalue weighted by atomic mass is 10.1. The summed E-state index contributed by atoms with van der Waals surface area (Å²) in [5.74, 6) is -0.292. The van der Waals surface area contributed by atoms with Gasteiger partial charge >= 0.3 is 6.18 Å². The van der Waals surface area contributed by atoms with Crippen molar-refractivity contribution in [2.75, 3.05) is 0 Å². The first-order chi connectivity index (χ1) is 10.7. The molecule has 124 valence electrons. The highest BCUT2D eigenvalue weighted by atomic mass is 32.2. The van der Waals surface area contributed by atoms with E-state index in [1.165, 1.54) is 12.1 Å². The third-order valence-electron chi connectivity index (χ3n) is 3.40. The molecule has 1 fully saturated rings. The summed E-state index contributed by atoms with van der Waals surface area (Å²) in [7, 11) is -3.69. The highest BCUT2D eigenvalue weighted by Gasteiger charge is 2.32. The SMILES string of the molecule is O=S(=O)(Cc1cccc(C(F)(F)F)c1)Cc1noc(C2CC2)n1. The van der Waals surface area contributed by atoms with Crippen molar-refractivity contribution >= 4 is 9.84 Å². The van der Waals surface area contributed by atoms with Crippen LogP contribution >= 0.6 is 0 Å². The Kier molecular flexibility index (Phi) is 3.91. The Bertz CT molecular complexity index is 811. The minimum atomic E-state index is -4.51. The van der Waals surface area contributed by atoms with E-state index in [1.807, 2.05) is 0 Å². The number of hydrogen-bond acceptors (Lipinski definition) is 5. The Hall–Kier alpha value is -1.90. The standard InChI is InChI=1S/C14H13F3N2O3S/c15-14(16,17)11-3-1-2-9(6-11)7-23(20,21)8-12-18-13(22-19-12)10-4-5-10/h1-3,6,10H,4-5,7-8H2. The summed E-state index contributed by atoms with van der Waals surface area (Å²) in [5.41, 5.74) is -0.800. The Morgan fingerprint density at radius 2 is 1.96 bits per heavy atom. The quantitative estimate of drug-likeness (QED) is 0.832. The summed E-state index contributed by atoms with van der Waals surface area (Å²) in [6.07, 6.45) is -2.62. The van der Waals surface area contributed by atoms with Gasteiger partial charge in [-0.3, -0.25) is 0 Å². The molecule has 2 aromatic rings. The molecule has 0 atom stereocenters. The molecule has 0 aliphatic heterocycles. The number of benzene rings is 1. The Labute approximate surface area is 130 Å². The lowest BCUT2D eigenvalue weighted by Gasteiger charge is -2.08. The van der Waals surface area contributed by atoms with Crippen LogP contribution in [-0.4, -0.2) is 18.6 Å². The van der Waals surface area contributed by atoms with E-state index in [4.69, 9.17) is 4.52 Å². The summed E-state index contributed by atoms with van der Waals surface area (Å²) in [6.45, 7) is 0. The minimum absolute atomic E-state index is 0.0406. The third-order valence-corrected chi connectivity index (χ3v) is 4.87. The monoisotopic (exact) mass is 346 g/mol. The van der Waals surface area contributed by atoms with Crippen molar-refractivity contribution in [3.8, 4) is 0 Å². The largest absolute Gasteiger partial charge is 0.416 e. The van der Waals surface area contributed by atoms with Crippen LogP contribution in [-0.2, 0) is 27.5 Å². The number of hydrogen-bond donors (Lipinski definition) is 0. The zero-order valence-electron chi connectivity index (χ0n) is 11.9. The van der Waals surface area contributed by atoms with Gasteiger partial charge < -0.3 is 4.52 Å². The van der Waals surface area contributed by atoms with Crippen molar-refractivity contribution in [1.82, 2.24) is 10.1 Å². The van der Waals surface area contributed by atoms with E-state index in [1.54, 1.807) is 0 Å². The number of halogens is 3. The fourth-order valence-corrected chi connectivity index (χ4v) is 3.46. The second-order valence-corrected chi connectivity index (χ2v) is 7.62. The summed E-state index contributed by atoms with van der Waals surface area (Å²) in [6, 6.07) is 4.27. The molecule has 1 saturated carbocycles. The van der Waals surface area contributed by atoms with Crippen molar-refractivity contribution in [3.05, 3.63) is 47.1 Å². The third kappa shape index (κ3) is 4.10. The van der Waals surface area contributed by atoms with Crippen LogP contribution in [0.25, 0.3) is 0 Å². The first kappa shape index (κ1) is 16.0. The first-order valence-electron chi connectivity index (χ1n) is 6.92. The summed E-state index contributed by atoms with van der Waals surface area (Å²) >= 11 is 0. The summed E-state index contributed by atoms with van der Waals surface area (Å²) in [5, 5.41) is 3.62. The molecule has 1 heterocycles. The Balaban J connectivity index is 1.72. The van der Waals surface area contributed by atoms with Gasteiger partial charge in [0.1, 0.15) is 5.75 Å². The second-order valence-electron chi connectivity index (χ2n) is 5.55. The van der Waals surface area contributed by atoms with E-state index in [2.05, 4.69) is 10.1 Å². The van der Waals surface area contributed by atoms with E-state index >= 15 is 0 Å². The highest BCUT2D eigenvalue weighted by molar-refractivity contribution is 7.89. The molecule has 1 aliphatic rings. The fraction of sp³-hybridized carbons (Fsp3) is 0.429. The van der Waals surface area contributed by atoms with Crippen molar-refractivity contribution in [3.63, 3.8) is 0 Å². The predicted octanol–water partition coefficient (Wildman–Crippen LogP) is 3.08. The molecule has 0 bridgehead atoms. The number of rotatable bonds is 5. The van der Waals surface area contributed by atoms with E-state index in [-0.39, 0.29) is 17.3 Å². The molecule has 0 unspecified atom stereocenters. The van der Waals surface area contributed by atoms with Crippen LogP contribution in [0.4, 0.5) is 13.2 Å². The van der Waals surface area contributed by atoms with E-state index in [0.29, 0.717) is 5.89 Å². The highest BCUT2D eigenvalue weighted by Crippen LogP contribution is 2.39. The number of sulfone groups is 1. The normalized spacial score (nSPS) is 15.8. The maximum atomic E-state index is 12.7. The molecule has 5 nitrogen and oxygen atoms in total. The molecule has 1 aromatic carbocycles. The maximum absolute atomic E-state index is 12.7. The molecule has 3 rings (SSSR count). The van der Waals surface area contributed by atoms with Gasteiger partial charge in [0.05, 0.1) is 11.3 Å². The molecule has 0 spiro atoms. The molecule has 0 saturated heterocycles. The molecule has 0 amide bonds. The minimum Gasteiger partial charge on any atom is -0.339 e. The summed E-state index contributed by atoms with van der Waals surface area (Å²) in [4.78, 5) is 4.02. The number of alkyl halides is 3. The maximum Gasteiger partial charge on any atom is 0.416 e. The molecule has 9 heteroatoms. The van der Waals surface area contributed by atoms with Crippen molar-refractivity contribution in [2.24, 2.45) is 0 Å². The van der Waals surface area contributed by atoms with E-state index in [9.17, 15) is 21.6 Å². The molecule has 23 heavy (non-hydrogen) atoms. The van der Waals surface area contributed by atoms with Gasteiger partial charge in [-0.05, 0) is 24.5 Å². The van der Waals surface area contributed by atoms with E-state index < -0.39 is 33.1 Å². The van der Waals surface area contributed by atoms with Crippen LogP contribution in [0.15, 0.2) is 28.8 Å². The molecule has 0 N–H and O–H groups in total. The van der Waals surface area contributed by atoms with Crippen LogP contribution in [0.2, 0.25) is 0 Å². The molecule has 0 radical (unpaired) electrons. The molecule has 1 aliphatic carbocycles. The zero-order valence-corrected chi connectivity index (χ0v) is 12.7. The average Bonchev–Trinajstić information content (AvgIpc) is 3.18. The Morgan fingerprint density at radius 3 is 2.61 bits per heavy atom. The lowest BCUT2D eigenvalue weighted by molar-refractivity contribution is -0.137. The Morgan fingerprint density at radius 1 is 1.22 bits per heavy atom. The van der Waals surface area contributed by atoms with Crippen LogP contribution in [0.1, 0.15) is 41.6 Å². The number of nitrogens with zero attached hydrogens (tertiary/aromatic N) is 2. The predicted molar refractivity (Wildman–Crippen MR) is 74.0 cm³/mol. The fourth-order valence-electron chi connectivity index (χ4n) is 2.16. The van der Waals surface area contributed by atoms with Gasteiger partial charge in [-0.1, -0.05) is 23.4 Å². The van der Waals surface area contributed by atoms with Crippen LogP contribution in [0, 0.1) is 0 Å². The summed E-state index contributed by atoms with van der Waals surface area (Å²) < 4.78 is 67.2. The van der Waals surface area contributed by atoms with Gasteiger partial charge in [0.15, 0.2) is 15.7 Å². The average molecular weight is 346 g/mol. The van der Waals surface area contributed by atoms with Crippen LogP contribution < -0.4 is 0 Å². The van der Waals surface area contributed by atoms with Crippen molar-refractivity contribution < 1.29 is 26.1 Å². The van der Waals surface area contributed by atoms with Crippen molar-refractivity contribution in [2.45, 2.75) is 36.4 Å². The zero-order chi connectivity index (χ0) is 16.7. The smallest absolute Gasteiger partial charge is 0.339 e. The van der Waals surface area contributed by atoms with Gasteiger partial charge in [0.25, 0.3) is 0 Å². The van der Waals surface area contributed by atoms with E-state index in [0.717, 1.165) is 25.0 Å².